The number of likely N-dealkylation sites (tertiary alicyclic amines) is 1. The average Bonchev–Trinajstić information content (AvgIpc) is 2.79. The number of carbonyl (C=O) groups excluding carboxylic acids is 1. The number of carboxylic acids is 1. The van der Waals surface area contributed by atoms with Gasteiger partial charge >= 0.3 is 5.97 Å². The van der Waals surface area contributed by atoms with Crippen LogP contribution in [0.15, 0.2) is 0 Å². The molecule has 2 atom stereocenters. The minimum absolute atomic E-state index is 0.0808. The second kappa shape index (κ2) is 9.03. The first-order valence-electron chi connectivity index (χ1n) is 8.25. The van der Waals surface area contributed by atoms with Gasteiger partial charge < -0.3 is 10.0 Å². The van der Waals surface area contributed by atoms with Crippen LogP contribution in [0, 0.1) is 5.92 Å². The van der Waals surface area contributed by atoms with Crippen LogP contribution in [0.4, 0.5) is 0 Å². The van der Waals surface area contributed by atoms with E-state index >= 15 is 0 Å². The summed E-state index contributed by atoms with van der Waals surface area (Å²) in [5.41, 5.74) is 0. The average molecular weight is 298 g/mol. The van der Waals surface area contributed by atoms with E-state index in [4.69, 9.17) is 0 Å². The zero-order chi connectivity index (χ0) is 15.8. The smallest absolute Gasteiger partial charge is 0.321 e. The zero-order valence-electron chi connectivity index (χ0n) is 13.7. The van der Waals surface area contributed by atoms with E-state index < -0.39 is 12.0 Å². The van der Waals surface area contributed by atoms with Crippen molar-refractivity contribution in [1.82, 2.24) is 9.80 Å². The van der Waals surface area contributed by atoms with Crippen LogP contribution >= 0.6 is 0 Å². The lowest BCUT2D eigenvalue weighted by Gasteiger charge is -2.27. The molecule has 5 heteroatoms. The molecule has 21 heavy (non-hydrogen) atoms. The van der Waals surface area contributed by atoms with Crippen molar-refractivity contribution in [3.8, 4) is 0 Å². The van der Waals surface area contributed by atoms with Crippen molar-refractivity contribution in [3.05, 3.63) is 0 Å². The van der Waals surface area contributed by atoms with Gasteiger partial charge in [0.1, 0.15) is 6.04 Å². The summed E-state index contributed by atoms with van der Waals surface area (Å²) in [7, 11) is 0. The Hall–Kier alpha value is -1.10. The molecule has 0 saturated carbocycles. The summed E-state index contributed by atoms with van der Waals surface area (Å²) >= 11 is 0. The maximum atomic E-state index is 12.5. The predicted molar refractivity (Wildman–Crippen MR) is 83.2 cm³/mol. The highest BCUT2D eigenvalue weighted by Gasteiger charge is 2.37. The summed E-state index contributed by atoms with van der Waals surface area (Å²) in [5, 5.41) is 9.32. The molecular formula is C16H30N2O3. The minimum Gasteiger partial charge on any atom is -0.480 e. The van der Waals surface area contributed by atoms with E-state index in [0.717, 1.165) is 45.2 Å². The van der Waals surface area contributed by atoms with Gasteiger partial charge in [0.2, 0.25) is 5.91 Å². The fourth-order valence-corrected chi connectivity index (χ4v) is 2.94. The zero-order valence-corrected chi connectivity index (χ0v) is 13.7. The van der Waals surface area contributed by atoms with Crippen LogP contribution in [0.3, 0.4) is 0 Å². The van der Waals surface area contributed by atoms with Crippen LogP contribution in [0.5, 0.6) is 0 Å². The Balaban J connectivity index is 2.60. The molecule has 1 saturated heterocycles. The molecular weight excluding hydrogens is 268 g/mol. The summed E-state index contributed by atoms with van der Waals surface area (Å²) in [6, 6.07) is -0.506. The minimum atomic E-state index is -0.804. The van der Waals surface area contributed by atoms with Gasteiger partial charge in [-0.3, -0.25) is 14.5 Å². The van der Waals surface area contributed by atoms with E-state index in [2.05, 4.69) is 13.8 Å². The third-order valence-corrected chi connectivity index (χ3v) is 4.31. The van der Waals surface area contributed by atoms with Gasteiger partial charge in [-0.1, -0.05) is 33.6 Å². The first-order valence-corrected chi connectivity index (χ1v) is 8.25. The first kappa shape index (κ1) is 18.0. The molecule has 1 heterocycles. The molecule has 1 N–H and O–H groups in total. The normalized spacial score (nSPS) is 22.4. The largest absolute Gasteiger partial charge is 0.480 e. The van der Waals surface area contributed by atoms with Gasteiger partial charge in [0.05, 0.1) is 6.54 Å². The number of aliphatic carboxylic acids is 1. The molecule has 1 rings (SSSR count). The summed E-state index contributed by atoms with van der Waals surface area (Å²) in [4.78, 5) is 27.6. The van der Waals surface area contributed by atoms with Crippen molar-refractivity contribution in [3.63, 3.8) is 0 Å². The molecule has 1 aliphatic rings. The SMILES string of the molecule is CCCCN(CCCC)C(=O)CN1CCC(C)C1C(=O)O. The van der Waals surface area contributed by atoms with E-state index in [1.54, 1.807) is 0 Å². The monoisotopic (exact) mass is 298 g/mol. The summed E-state index contributed by atoms with van der Waals surface area (Å²) in [6.45, 7) is 8.71. The second-order valence-electron chi connectivity index (χ2n) is 6.11. The van der Waals surface area contributed by atoms with Crippen molar-refractivity contribution in [1.29, 1.82) is 0 Å². The quantitative estimate of drug-likeness (QED) is 0.709. The molecule has 1 fully saturated rings. The van der Waals surface area contributed by atoms with Crippen molar-refractivity contribution in [2.45, 2.75) is 58.9 Å². The summed E-state index contributed by atoms with van der Waals surface area (Å²) in [6.07, 6.45) is 5.00. The summed E-state index contributed by atoms with van der Waals surface area (Å²) < 4.78 is 0. The lowest BCUT2D eigenvalue weighted by Crippen LogP contribution is -2.46. The van der Waals surface area contributed by atoms with E-state index in [-0.39, 0.29) is 18.4 Å². The van der Waals surface area contributed by atoms with E-state index in [0.29, 0.717) is 6.54 Å². The van der Waals surface area contributed by atoms with Gasteiger partial charge in [-0.05, 0) is 31.7 Å². The van der Waals surface area contributed by atoms with Crippen molar-refractivity contribution in [2.75, 3.05) is 26.2 Å². The number of carboxylic acid groups (broad SMARTS) is 1. The molecule has 1 aliphatic heterocycles. The van der Waals surface area contributed by atoms with Crippen LogP contribution in [0.25, 0.3) is 0 Å². The van der Waals surface area contributed by atoms with Crippen molar-refractivity contribution in [2.24, 2.45) is 5.92 Å². The lowest BCUT2D eigenvalue weighted by molar-refractivity contribution is -0.144. The van der Waals surface area contributed by atoms with Gasteiger partial charge in [-0.15, -0.1) is 0 Å². The van der Waals surface area contributed by atoms with Crippen molar-refractivity contribution < 1.29 is 14.7 Å². The maximum Gasteiger partial charge on any atom is 0.321 e. The molecule has 0 radical (unpaired) electrons. The molecule has 5 nitrogen and oxygen atoms in total. The second-order valence-corrected chi connectivity index (χ2v) is 6.11. The Morgan fingerprint density at radius 3 is 2.24 bits per heavy atom. The number of rotatable bonds is 9. The highest BCUT2D eigenvalue weighted by molar-refractivity contribution is 5.80. The number of nitrogens with zero attached hydrogens (tertiary/aromatic N) is 2. The molecule has 122 valence electrons. The Labute approximate surface area is 128 Å². The highest BCUT2D eigenvalue weighted by atomic mass is 16.4. The van der Waals surface area contributed by atoms with Gasteiger partial charge in [0.15, 0.2) is 0 Å². The molecule has 0 bridgehead atoms. The van der Waals surface area contributed by atoms with Crippen LogP contribution in [-0.4, -0.2) is 59.0 Å². The Bertz CT molecular complexity index is 338. The van der Waals surface area contributed by atoms with Gasteiger partial charge in [-0.2, -0.15) is 0 Å². The van der Waals surface area contributed by atoms with Gasteiger partial charge in [0, 0.05) is 13.1 Å². The summed E-state index contributed by atoms with van der Waals surface area (Å²) in [5.74, 6) is -0.603. The molecule has 0 aromatic rings. The number of hydrogen-bond donors (Lipinski definition) is 1. The number of hydrogen-bond acceptors (Lipinski definition) is 3. The van der Waals surface area contributed by atoms with Crippen molar-refractivity contribution >= 4 is 11.9 Å². The van der Waals surface area contributed by atoms with Gasteiger partial charge in [-0.25, -0.2) is 0 Å². The molecule has 0 aromatic heterocycles. The van der Waals surface area contributed by atoms with Crippen LogP contribution in [0.2, 0.25) is 0 Å². The molecule has 0 aliphatic carbocycles. The number of amides is 1. The fourth-order valence-electron chi connectivity index (χ4n) is 2.94. The predicted octanol–water partition coefficient (Wildman–Crippen LogP) is 2.21. The van der Waals surface area contributed by atoms with Crippen LogP contribution in [-0.2, 0) is 9.59 Å². The molecule has 1 amide bonds. The molecule has 0 aromatic carbocycles. The maximum absolute atomic E-state index is 12.5. The topological polar surface area (TPSA) is 60.9 Å². The third kappa shape index (κ3) is 5.30. The van der Waals surface area contributed by atoms with E-state index in [9.17, 15) is 14.7 Å². The number of carbonyl (C=O) groups is 2. The van der Waals surface area contributed by atoms with E-state index in [1.165, 1.54) is 0 Å². The number of unbranched alkanes of at least 4 members (excludes halogenated alkanes) is 2. The Morgan fingerprint density at radius 1 is 1.19 bits per heavy atom. The molecule has 0 spiro atoms. The van der Waals surface area contributed by atoms with Crippen LogP contribution in [0.1, 0.15) is 52.9 Å². The first-order chi connectivity index (χ1) is 10.0. The fraction of sp³-hybridized carbons (Fsp3) is 0.875. The Morgan fingerprint density at radius 2 is 1.76 bits per heavy atom. The highest BCUT2D eigenvalue weighted by Crippen LogP contribution is 2.24. The van der Waals surface area contributed by atoms with Gasteiger partial charge in [0.25, 0.3) is 0 Å². The third-order valence-electron chi connectivity index (χ3n) is 4.31. The van der Waals surface area contributed by atoms with Crippen LogP contribution < -0.4 is 0 Å². The standard InChI is InChI=1S/C16H30N2O3/c1-4-6-9-17(10-7-5-2)14(19)12-18-11-8-13(3)15(18)16(20)21/h13,15H,4-12H2,1-3H3,(H,20,21). The Kier molecular flexibility index (Phi) is 7.72. The lowest BCUT2D eigenvalue weighted by atomic mass is 10.0. The van der Waals surface area contributed by atoms with E-state index in [1.807, 2.05) is 16.7 Å². The molecule has 2 unspecified atom stereocenters.